The molecular formula is C11H13FO. The predicted molar refractivity (Wildman–Crippen MR) is 49.0 cm³/mol. The first-order valence-electron chi connectivity index (χ1n) is 4.68. The van der Waals surface area contributed by atoms with Gasteiger partial charge in [0.05, 0.1) is 0 Å². The Kier molecular flexibility index (Phi) is 2.32. The van der Waals surface area contributed by atoms with Gasteiger partial charge < -0.3 is 5.11 Å². The Balaban J connectivity index is 2.27. The van der Waals surface area contributed by atoms with Crippen LogP contribution in [-0.2, 0) is 12.8 Å². The van der Waals surface area contributed by atoms with Crippen LogP contribution in [0.3, 0.4) is 0 Å². The summed E-state index contributed by atoms with van der Waals surface area (Å²) in [5.74, 6) is 0.159. The van der Waals surface area contributed by atoms with Crippen molar-refractivity contribution in [1.82, 2.24) is 0 Å². The molecule has 0 amide bonds. The van der Waals surface area contributed by atoms with E-state index in [9.17, 15) is 4.39 Å². The summed E-state index contributed by atoms with van der Waals surface area (Å²) in [6, 6.07) is 4.97. The third-order valence-corrected chi connectivity index (χ3v) is 2.76. The maximum atomic E-state index is 12.9. The first-order chi connectivity index (χ1) is 6.29. The molecule has 0 saturated heterocycles. The van der Waals surface area contributed by atoms with Gasteiger partial charge >= 0.3 is 0 Å². The topological polar surface area (TPSA) is 20.2 Å². The summed E-state index contributed by atoms with van der Waals surface area (Å²) >= 11 is 0. The van der Waals surface area contributed by atoms with E-state index in [1.54, 1.807) is 6.07 Å². The van der Waals surface area contributed by atoms with Gasteiger partial charge in [-0.3, -0.25) is 0 Å². The van der Waals surface area contributed by atoms with Gasteiger partial charge in [-0.15, -0.1) is 0 Å². The highest BCUT2D eigenvalue weighted by molar-refractivity contribution is 5.30. The number of aryl methyl sites for hydroxylation is 1. The van der Waals surface area contributed by atoms with Crippen molar-refractivity contribution in [3.63, 3.8) is 0 Å². The van der Waals surface area contributed by atoms with Gasteiger partial charge in [0.15, 0.2) is 0 Å². The van der Waals surface area contributed by atoms with Gasteiger partial charge in [-0.05, 0) is 48.4 Å². The fourth-order valence-electron chi connectivity index (χ4n) is 1.96. The van der Waals surface area contributed by atoms with E-state index < -0.39 is 0 Å². The second-order valence-corrected chi connectivity index (χ2v) is 3.70. The quantitative estimate of drug-likeness (QED) is 0.700. The van der Waals surface area contributed by atoms with Crippen LogP contribution in [0, 0.1) is 11.7 Å². The van der Waals surface area contributed by atoms with E-state index in [2.05, 4.69) is 0 Å². The number of hydrogen-bond acceptors (Lipinski definition) is 1. The highest BCUT2D eigenvalue weighted by atomic mass is 19.1. The molecule has 1 atom stereocenters. The molecule has 0 fully saturated rings. The standard InChI is InChI=1S/C11H13FO/c12-11-4-3-9-2-1-8(7-13)5-10(9)6-11/h3-4,6,8,13H,1-2,5,7H2. The van der Waals surface area contributed by atoms with Crippen LogP contribution >= 0.6 is 0 Å². The molecule has 13 heavy (non-hydrogen) atoms. The van der Waals surface area contributed by atoms with E-state index in [-0.39, 0.29) is 12.4 Å². The molecule has 0 bridgehead atoms. The Morgan fingerprint density at radius 2 is 2.23 bits per heavy atom. The zero-order chi connectivity index (χ0) is 9.26. The summed E-state index contributed by atoms with van der Waals surface area (Å²) in [6.45, 7) is 0.218. The first kappa shape index (κ1) is 8.70. The zero-order valence-corrected chi connectivity index (χ0v) is 7.46. The monoisotopic (exact) mass is 180 g/mol. The van der Waals surface area contributed by atoms with Crippen molar-refractivity contribution < 1.29 is 9.50 Å². The molecule has 1 N–H and O–H groups in total. The van der Waals surface area contributed by atoms with Crippen LogP contribution in [0.25, 0.3) is 0 Å². The van der Waals surface area contributed by atoms with Gasteiger partial charge in [0.25, 0.3) is 0 Å². The summed E-state index contributed by atoms with van der Waals surface area (Å²) in [5.41, 5.74) is 2.32. The average molecular weight is 180 g/mol. The zero-order valence-electron chi connectivity index (χ0n) is 7.46. The van der Waals surface area contributed by atoms with Crippen molar-refractivity contribution in [2.45, 2.75) is 19.3 Å². The second-order valence-electron chi connectivity index (χ2n) is 3.70. The van der Waals surface area contributed by atoms with Crippen LogP contribution in [0.5, 0.6) is 0 Å². The largest absolute Gasteiger partial charge is 0.396 e. The SMILES string of the molecule is OCC1CCc2ccc(F)cc2C1. The maximum absolute atomic E-state index is 12.9. The van der Waals surface area contributed by atoms with Gasteiger partial charge in [0.2, 0.25) is 0 Å². The number of halogens is 1. The smallest absolute Gasteiger partial charge is 0.123 e. The molecule has 0 heterocycles. The third kappa shape index (κ3) is 1.73. The Labute approximate surface area is 77.2 Å². The number of aliphatic hydroxyl groups is 1. The Bertz CT molecular complexity index is 309. The predicted octanol–water partition coefficient (Wildman–Crippen LogP) is 1.92. The molecule has 1 aromatic rings. The Morgan fingerprint density at radius 1 is 1.38 bits per heavy atom. The lowest BCUT2D eigenvalue weighted by atomic mass is 9.84. The molecule has 1 unspecified atom stereocenters. The fourth-order valence-corrected chi connectivity index (χ4v) is 1.96. The van der Waals surface area contributed by atoms with Crippen molar-refractivity contribution in [3.05, 3.63) is 35.1 Å². The first-order valence-corrected chi connectivity index (χ1v) is 4.68. The van der Waals surface area contributed by atoms with Gasteiger partial charge in [-0.2, -0.15) is 0 Å². The third-order valence-electron chi connectivity index (χ3n) is 2.76. The summed E-state index contributed by atoms with van der Waals surface area (Å²) in [5, 5.41) is 8.99. The normalized spacial score (nSPS) is 21.2. The number of fused-ring (bicyclic) bond motifs is 1. The lowest BCUT2D eigenvalue weighted by Gasteiger charge is -2.22. The van der Waals surface area contributed by atoms with Crippen LogP contribution in [0.4, 0.5) is 4.39 Å². The lowest BCUT2D eigenvalue weighted by molar-refractivity contribution is 0.213. The lowest BCUT2D eigenvalue weighted by Crippen LogP contribution is -2.17. The minimum atomic E-state index is -0.169. The molecule has 1 aromatic carbocycles. The molecule has 70 valence electrons. The minimum Gasteiger partial charge on any atom is -0.396 e. The van der Waals surface area contributed by atoms with E-state index in [0.717, 1.165) is 24.8 Å². The van der Waals surface area contributed by atoms with Crippen molar-refractivity contribution in [3.8, 4) is 0 Å². The molecule has 0 aliphatic heterocycles. The molecule has 1 aliphatic carbocycles. The van der Waals surface area contributed by atoms with Gasteiger partial charge in [0, 0.05) is 6.61 Å². The Hall–Kier alpha value is -0.890. The summed E-state index contributed by atoms with van der Waals surface area (Å²) in [7, 11) is 0. The van der Waals surface area contributed by atoms with Crippen LogP contribution < -0.4 is 0 Å². The average Bonchev–Trinajstić information content (AvgIpc) is 2.16. The van der Waals surface area contributed by atoms with Gasteiger partial charge in [-0.25, -0.2) is 4.39 Å². The highest BCUT2D eigenvalue weighted by Crippen LogP contribution is 2.25. The van der Waals surface area contributed by atoms with Gasteiger partial charge in [0.1, 0.15) is 5.82 Å². The van der Waals surface area contributed by atoms with E-state index >= 15 is 0 Å². The molecule has 2 heteroatoms. The number of rotatable bonds is 1. The molecule has 0 spiro atoms. The van der Waals surface area contributed by atoms with Gasteiger partial charge in [-0.1, -0.05) is 6.07 Å². The second kappa shape index (κ2) is 3.46. The van der Waals surface area contributed by atoms with Crippen molar-refractivity contribution in [2.24, 2.45) is 5.92 Å². The van der Waals surface area contributed by atoms with E-state index in [1.165, 1.54) is 11.6 Å². The number of hydrogen-bond donors (Lipinski definition) is 1. The van der Waals surface area contributed by atoms with Crippen molar-refractivity contribution in [2.75, 3.05) is 6.61 Å². The van der Waals surface area contributed by atoms with Crippen LogP contribution in [-0.4, -0.2) is 11.7 Å². The summed E-state index contributed by atoms with van der Waals surface area (Å²) in [6.07, 6.45) is 2.82. The maximum Gasteiger partial charge on any atom is 0.123 e. The Morgan fingerprint density at radius 3 is 3.00 bits per heavy atom. The molecule has 2 rings (SSSR count). The summed E-state index contributed by atoms with van der Waals surface area (Å²) < 4.78 is 12.9. The summed E-state index contributed by atoms with van der Waals surface area (Å²) in [4.78, 5) is 0. The number of aliphatic hydroxyl groups excluding tert-OH is 1. The molecule has 0 aromatic heterocycles. The molecule has 1 nitrogen and oxygen atoms in total. The number of benzene rings is 1. The fraction of sp³-hybridized carbons (Fsp3) is 0.455. The highest BCUT2D eigenvalue weighted by Gasteiger charge is 2.17. The van der Waals surface area contributed by atoms with E-state index in [1.807, 2.05) is 6.07 Å². The van der Waals surface area contributed by atoms with Crippen molar-refractivity contribution >= 4 is 0 Å². The van der Waals surface area contributed by atoms with E-state index in [0.29, 0.717) is 5.92 Å². The molecular weight excluding hydrogens is 167 g/mol. The van der Waals surface area contributed by atoms with Crippen LogP contribution in [0.15, 0.2) is 18.2 Å². The van der Waals surface area contributed by atoms with Crippen LogP contribution in [0.1, 0.15) is 17.5 Å². The van der Waals surface area contributed by atoms with Crippen LogP contribution in [0.2, 0.25) is 0 Å². The molecule has 0 radical (unpaired) electrons. The van der Waals surface area contributed by atoms with E-state index in [4.69, 9.17) is 5.11 Å². The van der Waals surface area contributed by atoms with Crippen molar-refractivity contribution in [1.29, 1.82) is 0 Å². The molecule has 1 aliphatic rings. The minimum absolute atomic E-state index is 0.169. The molecule has 0 saturated carbocycles.